The number of rotatable bonds is 6. The maximum absolute atomic E-state index is 13.7. The molecule has 1 atom stereocenters. The van der Waals surface area contributed by atoms with Crippen LogP contribution in [0.1, 0.15) is 38.7 Å². The van der Waals surface area contributed by atoms with Gasteiger partial charge in [-0.05, 0) is 70.4 Å². The summed E-state index contributed by atoms with van der Waals surface area (Å²) < 4.78 is 35.2. The lowest BCUT2D eigenvalue weighted by Gasteiger charge is -2.41. The Labute approximate surface area is 174 Å². The van der Waals surface area contributed by atoms with E-state index in [-0.39, 0.29) is 16.7 Å². The molecule has 0 aromatic heterocycles. The Morgan fingerprint density at radius 1 is 1.28 bits per heavy atom. The molecule has 1 unspecified atom stereocenters. The van der Waals surface area contributed by atoms with Gasteiger partial charge in [-0.3, -0.25) is 0 Å². The molecule has 0 saturated carbocycles. The minimum Gasteiger partial charge on any atom is -0.507 e. The molecule has 8 heteroatoms. The third-order valence-electron chi connectivity index (χ3n) is 5.86. The van der Waals surface area contributed by atoms with Crippen molar-refractivity contribution in [2.24, 2.45) is 0 Å². The Balaban J connectivity index is 1.98. The molecule has 0 bridgehead atoms. The van der Waals surface area contributed by atoms with Gasteiger partial charge in [0.1, 0.15) is 11.5 Å². The first-order valence-corrected chi connectivity index (χ1v) is 11.7. The maximum Gasteiger partial charge on any atom is 0.245 e. The SMILES string of the molecule is CCC(C)=C(O)c1ccc(S(=O)(=O)N2C(CN(C)C)COC23CCNCC3)cc1. The smallest absolute Gasteiger partial charge is 0.245 e. The first kappa shape index (κ1) is 22.2. The van der Waals surface area contributed by atoms with E-state index in [4.69, 9.17) is 4.74 Å². The zero-order valence-corrected chi connectivity index (χ0v) is 18.6. The van der Waals surface area contributed by atoms with Crippen molar-refractivity contribution in [3.63, 3.8) is 0 Å². The van der Waals surface area contributed by atoms with Gasteiger partial charge in [0.25, 0.3) is 0 Å². The van der Waals surface area contributed by atoms with Crippen LogP contribution in [0.3, 0.4) is 0 Å². The monoisotopic (exact) mass is 423 g/mol. The van der Waals surface area contributed by atoms with Gasteiger partial charge in [0.2, 0.25) is 10.0 Å². The van der Waals surface area contributed by atoms with E-state index in [1.165, 1.54) is 0 Å². The normalized spacial score (nSPS) is 23.6. The van der Waals surface area contributed by atoms with Crippen LogP contribution in [0.25, 0.3) is 5.76 Å². The molecule has 2 aliphatic rings. The number of nitrogens with zero attached hydrogens (tertiary/aromatic N) is 2. The lowest BCUT2D eigenvalue weighted by atomic mass is 10.0. The summed E-state index contributed by atoms with van der Waals surface area (Å²) in [5, 5.41) is 13.6. The van der Waals surface area contributed by atoms with E-state index >= 15 is 0 Å². The van der Waals surface area contributed by atoms with E-state index in [0.717, 1.165) is 25.1 Å². The highest BCUT2D eigenvalue weighted by Gasteiger charge is 2.54. The van der Waals surface area contributed by atoms with Crippen LogP contribution >= 0.6 is 0 Å². The van der Waals surface area contributed by atoms with Crippen molar-refractivity contribution in [3.05, 3.63) is 35.4 Å². The van der Waals surface area contributed by atoms with Crippen LogP contribution < -0.4 is 5.32 Å². The molecular formula is C21H33N3O4S. The molecule has 29 heavy (non-hydrogen) atoms. The number of sulfonamides is 1. The summed E-state index contributed by atoms with van der Waals surface area (Å²) >= 11 is 0. The molecule has 1 aromatic carbocycles. The molecule has 0 amide bonds. The van der Waals surface area contributed by atoms with E-state index in [0.29, 0.717) is 31.6 Å². The highest BCUT2D eigenvalue weighted by molar-refractivity contribution is 7.89. The first-order chi connectivity index (χ1) is 13.7. The molecule has 2 aliphatic heterocycles. The summed E-state index contributed by atoms with van der Waals surface area (Å²) in [6, 6.07) is 6.29. The first-order valence-electron chi connectivity index (χ1n) is 10.2. The van der Waals surface area contributed by atoms with E-state index in [9.17, 15) is 13.5 Å². The second-order valence-electron chi connectivity index (χ2n) is 8.23. The maximum atomic E-state index is 13.7. The van der Waals surface area contributed by atoms with Crippen LogP contribution in [-0.2, 0) is 14.8 Å². The molecule has 0 radical (unpaired) electrons. The lowest BCUT2D eigenvalue weighted by Crippen LogP contribution is -2.57. The third-order valence-corrected chi connectivity index (χ3v) is 7.87. The third kappa shape index (κ3) is 4.36. The Bertz CT molecular complexity index is 843. The van der Waals surface area contributed by atoms with Crippen LogP contribution in [0.2, 0.25) is 0 Å². The van der Waals surface area contributed by atoms with Crippen LogP contribution in [0, 0.1) is 0 Å². The number of hydrogen-bond acceptors (Lipinski definition) is 6. The summed E-state index contributed by atoms with van der Waals surface area (Å²) in [4.78, 5) is 2.23. The summed E-state index contributed by atoms with van der Waals surface area (Å²) in [7, 11) is 0.132. The molecule has 3 rings (SSSR count). The molecule has 7 nitrogen and oxygen atoms in total. The number of likely N-dealkylation sites (N-methyl/N-ethyl adjacent to an activating group) is 1. The number of allylic oxidation sites excluding steroid dienone is 1. The average molecular weight is 424 g/mol. The molecule has 2 saturated heterocycles. The highest BCUT2D eigenvalue weighted by atomic mass is 32.2. The fourth-order valence-corrected chi connectivity index (χ4v) is 6.07. The van der Waals surface area contributed by atoms with E-state index in [1.807, 2.05) is 32.8 Å². The summed E-state index contributed by atoms with van der Waals surface area (Å²) in [5.41, 5.74) is 0.709. The van der Waals surface area contributed by atoms with Crippen molar-refractivity contribution in [2.75, 3.05) is 40.3 Å². The van der Waals surface area contributed by atoms with Gasteiger partial charge in [-0.2, -0.15) is 4.31 Å². The van der Waals surface area contributed by atoms with Crippen molar-refractivity contribution in [1.29, 1.82) is 0 Å². The predicted molar refractivity (Wildman–Crippen MR) is 114 cm³/mol. The summed E-state index contributed by atoms with van der Waals surface area (Å²) in [6.07, 6.45) is 2.00. The standard InChI is InChI=1S/C21H33N3O4S/c1-5-16(2)20(25)17-6-8-19(9-7-17)29(26,27)24-18(14-23(3)4)15-28-21(24)10-12-22-13-11-21/h6-9,18,22,25H,5,10-15H2,1-4H3. The number of nitrogens with one attached hydrogen (secondary N) is 1. The van der Waals surface area contributed by atoms with Crippen molar-refractivity contribution < 1.29 is 18.3 Å². The fraction of sp³-hybridized carbons (Fsp3) is 0.619. The Morgan fingerprint density at radius 2 is 1.90 bits per heavy atom. The van der Waals surface area contributed by atoms with Gasteiger partial charge in [0.15, 0.2) is 0 Å². The van der Waals surface area contributed by atoms with Gasteiger partial charge < -0.3 is 20.1 Å². The average Bonchev–Trinajstić information content (AvgIpc) is 3.04. The second-order valence-corrected chi connectivity index (χ2v) is 10.0. The zero-order chi connectivity index (χ0) is 21.2. The highest BCUT2D eigenvalue weighted by Crippen LogP contribution is 2.40. The number of ether oxygens (including phenoxy) is 1. The lowest BCUT2D eigenvalue weighted by molar-refractivity contribution is -0.0716. The second kappa shape index (κ2) is 8.73. The molecular weight excluding hydrogens is 390 g/mol. The Hall–Kier alpha value is -1.45. The number of aliphatic hydroxyl groups excluding tert-OH is 1. The van der Waals surface area contributed by atoms with Crippen molar-refractivity contribution in [2.45, 2.75) is 49.8 Å². The quantitative estimate of drug-likeness (QED) is 0.684. The topological polar surface area (TPSA) is 82.1 Å². The van der Waals surface area contributed by atoms with E-state index in [2.05, 4.69) is 5.32 Å². The van der Waals surface area contributed by atoms with Crippen molar-refractivity contribution in [1.82, 2.24) is 14.5 Å². The van der Waals surface area contributed by atoms with Crippen LogP contribution in [0.4, 0.5) is 0 Å². The van der Waals surface area contributed by atoms with Crippen LogP contribution in [0.15, 0.2) is 34.7 Å². The Morgan fingerprint density at radius 3 is 2.45 bits per heavy atom. The van der Waals surface area contributed by atoms with Gasteiger partial charge in [-0.15, -0.1) is 0 Å². The molecule has 0 aliphatic carbocycles. The number of aliphatic hydroxyl groups is 1. The van der Waals surface area contributed by atoms with Gasteiger partial charge in [0.05, 0.1) is 17.5 Å². The fourth-order valence-electron chi connectivity index (χ4n) is 4.17. The van der Waals surface area contributed by atoms with Crippen LogP contribution in [0.5, 0.6) is 0 Å². The van der Waals surface area contributed by atoms with E-state index in [1.54, 1.807) is 28.6 Å². The van der Waals surface area contributed by atoms with Crippen molar-refractivity contribution in [3.8, 4) is 0 Å². The molecule has 1 spiro atoms. The van der Waals surface area contributed by atoms with E-state index < -0.39 is 15.7 Å². The Kier molecular flexibility index (Phi) is 6.70. The number of hydrogen-bond donors (Lipinski definition) is 2. The van der Waals surface area contributed by atoms with Gasteiger partial charge >= 0.3 is 0 Å². The molecule has 2 fully saturated rings. The van der Waals surface area contributed by atoms with Crippen LogP contribution in [-0.4, -0.2) is 74.8 Å². The van der Waals surface area contributed by atoms with Crippen molar-refractivity contribution >= 4 is 15.8 Å². The minimum atomic E-state index is -3.75. The summed E-state index contributed by atoms with van der Waals surface area (Å²) in [6.45, 7) is 6.30. The van der Waals surface area contributed by atoms with Gasteiger partial charge in [0, 0.05) is 24.9 Å². The minimum absolute atomic E-state index is 0.210. The number of benzene rings is 1. The molecule has 162 valence electrons. The molecule has 1 aromatic rings. The zero-order valence-electron chi connectivity index (χ0n) is 17.8. The number of piperidine rings is 1. The molecule has 2 N–H and O–H groups in total. The predicted octanol–water partition coefficient (Wildman–Crippen LogP) is 2.42. The largest absolute Gasteiger partial charge is 0.507 e. The van der Waals surface area contributed by atoms with Gasteiger partial charge in [-0.1, -0.05) is 6.92 Å². The molecule has 2 heterocycles. The van der Waals surface area contributed by atoms with Gasteiger partial charge in [-0.25, -0.2) is 8.42 Å². The summed E-state index contributed by atoms with van der Waals surface area (Å²) in [5.74, 6) is 0.210.